The molecule has 1 aliphatic rings. The van der Waals surface area contributed by atoms with Gasteiger partial charge in [0.15, 0.2) is 6.23 Å². The average molecular weight is 579 g/mol. The van der Waals surface area contributed by atoms with E-state index in [1.54, 1.807) is 0 Å². The van der Waals surface area contributed by atoms with Crippen LogP contribution in [0.15, 0.2) is 150 Å². The highest BCUT2D eigenvalue weighted by Crippen LogP contribution is 2.47. The van der Waals surface area contributed by atoms with Crippen molar-refractivity contribution >= 4 is 60.2 Å². The number of nitrogens with zero attached hydrogens (tertiary/aromatic N) is 1. The molecular formula is C41H26N2O2. The first-order chi connectivity index (χ1) is 22.3. The van der Waals surface area contributed by atoms with Crippen LogP contribution >= 0.6 is 0 Å². The predicted molar refractivity (Wildman–Crippen MR) is 184 cm³/mol. The van der Waals surface area contributed by atoms with Crippen LogP contribution in [0, 0.1) is 0 Å². The van der Waals surface area contributed by atoms with Crippen LogP contribution < -0.4 is 10.1 Å². The summed E-state index contributed by atoms with van der Waals surface area (Å²) in [4.78, 5) is 0. The van der Waals surface area contributed by atoms with Gasteiger partial charge in [-0.2, -0.15) is 0 Å². The Morgan fingerprint density at radius 3 is 2.20 bits per heavy atom. The quantitative estimate of drug-likeness (QED) is 0.227. The van der Waals surface area contributed by atoms with E-state index in [0.717, 1.165) is 50.2 Å². The minimum Gasteiger partial charge on any atom is -0.464 e. The fourth-order valence-corrected chi connectivity index (χ4v) is 7.16. The Labute approximate surface area is 258 Å². The van der Waals surface area contributed by atoms with Gasteiger partial charge in [0, 0.05) is 27.4 Å². The fraction of sp³-hybridized carbons (Fsp3) is 0.0244. The lowest BCUT2D eigenvalue weighted by atomic mass is 10.0. The van der Waals surface area contributed by atoms with Crippen molar-refractivity contribution < 1.29 is 9.15 Å². The number of hydrogen-bond acceptors (Lipinski definition) is 3. The summed E-state index contributed by atoms with van der Waals surface area (Å²) < 4.78 is 15.1. The van der Waals surface area contributed by atoms with E-state index in [-0.39, 0.29) is 6.23 Å². The number of nitrogens with one attached hydrogen (secondary N) is 1. The van der Waals surface area contributed by atoms with E-state index in [1.165, 1.54) is 38.1 Å². The van der Waals surface area contributed by atoms with E-state index in [4.69, 9.17) is 9.15 Å². The van der Waals surface area contributed by atoms with E-state index in [0.29, 0.717) is 0 Å². The van der Waals surface area contributed by atoms with Gasteiger partial charge >= 0.3 is 0 Å². The molecule has 0 saturated carbocycles. The maximum atomic E-state index is 6.49. The van der Waals surface area contributed by atoms with Gasteiger partial charge in [-0.1, -0.05) is 97.1 Å². The molecule has 212 valence electrons. The van der Waals surface area contributed by atoms with Crippen molar-refractivity contribution in [1.82, 2.24) is 4.57 Å². The highest BCUT2D eigenvalue weighted by Gasteiger charge is 2.28. The monoisotopic (exact) mass is 578 g/mol. The van der Waals surface area contributed by atoms with Crippen LogP contribution in [0.5, 0.6) is 5.75 Å². The molecule has 0 amide bonds. The zero-order chi connectivity index (χ0) is 29.5. The molecule has 0 bridgehead atoms. The van der Waals surface area contributed by atoms with Gasteiger partial charge < -0.3 is 19.0 Å². The van der Waals surface area contributed by atoms with Gasteiger partial charge in [0.25, 0.3) is 0 Å². The smallest absolute Gasteiger partial charge is 0.196 e. The minimum absolute atomic E-state index is 0.302. The van der Waals surface area contributed by atoms with Gasteiger partial charge in [0.2, 0.25) is 0 Å². The lowest BCUT2D eigenvalue weighted by molar-refractivity contribution is 0.260. The molecule has 7 aromatic carbocycles. The second kappa shape index (κ2) is 9.25. The van der Waals surface area contributed by atoms with Crippen molar-refractivity contribution in [2.45, 2.75) is 6.23 Å². The Hall–Kier alpha value is -6.00. The first-order valence-corrected chi connectivity index (χ1v) is 15.3. The molecule has 0 spiro atoms. The number of hydrogen-bond donors (Lipinski definition) is 1. The molecule has 1 atom stereocenters. The van der Waals surface area contributed by atoms with E-state index < -0.39 is 0 Å². The largest absolute Gasteiger partial charge is 0.464 e. The molecule has 2 aromatic heterocycles. The number of furan rings is 1. The molecule has 0 aliphatic carbocycles. The highest BCUT2D eigenvalue weighted by molar-refractivity contribution is 6.21. The summed E-state index contributed by atoms with van der Waals surface area (Å²) in [5.74, 6) is 0.832. The predicted octanol–water partition coefficient (Wildman–Crippen LogP) is 11.0. The number of benzene rings is 7. The van der Waals surface area contributed by atoms with Crippen LogP contribution in [0.1, 0.15) is 11.8 Å². The van der Waals surface area contributed by atoms with Crippen LogP contribution in [0.25, 0.3) is 71.3 Å². The van der Waals surface area contributed by atoms with Crippen molar-refractivity contribution in [1.29, 1.82) is 0 Å². The molecule has 4 heteroatoms. The third kappa shape index (κ3) is 3.60. The summed E-state index contributed by atoms with van der Waals surface area (Å²) in [6.07, 6.45) is -0.302. The minimum atomic E-state index is -0.302. The van der Waals surface area contributed by atoms with Gasteiger partial charge in [-0.15, -0.1) is 0 Å². The second-order valence-corrected chi connectivity index (χ2v) is 11.8. The van der Waals surface area contributed by atoms with Crippen LogP contribution in [-0.4, -0.2) is 4.57 Å². The molecule has 0 fully saturated rings. The molecule has 4 nitrogen and oxygen atoms in total. The second-order valence-electron chi connectivity index (χ2n) is 11.8. The molecule has 3 heterocycles. The summed E-state index contributed by atoms with van der Waals surface area (Å²) in [7, 11) is 0. The van der Waals surface area contributed by atoms with E-state index in [1.807, 2.05) is 18.2 Å². The molecule has 0 saturated heterocycles. The SMILES string of the molecule is c1ccc(-c2ccc3oc4ccc5c(c4c3c2)NC(c2ccc(-n3c4ccccc4c4c6ccccc6ccc43)cc2)O5)cc1. The average Bonchev–Trinajstić information content (AvgIpc) is 3.80. The van der Waals surface area contributed by atoms with E-state index in [9.17, 15) is 0 Å². The molecule has 9 aromatic rings. The number of para-hydroxylation sites is 1. The zero-order valence-electron chi connectivity index (χ0n) is 24.2. The topological polar surface area (TPSA) is 39.3 Å². The number of anilines is 1. The van der Waals surface area contributed by atoms with E-state index in [2.05, 4.69) is 137 Å². The third-order valence-corrected chi connectivity index (χ3v) is 9.24. The summed E-state index contributed by atoms with van der Waals surface area (Å²) in [6.45, 7) is 0. The summed E-state index contributed by atoms with van der Waals surface area (Å²) >= 11 is 0. The van der Waals surface area contributed by atoms with Gasteiger partial charge in [-0.3, -0.25) is 0 Å². The van der Waals surface area contributed by atoms with Gasteiger partial charge in [-0.05, 0) is 70.4 Å². The molecule has 1 N–H and O–H groups in total. The number of fused-ring (bicyclic) bond motifs is 10. The standard InChI is InChI=1S/C41H26N2O2/c1-2-8-25(9-3-1)28-17-21-35-32(24-28)39-36(44-35)22-23-37-40(39)42-41(45-37)27-14-18-29(19-15-27)43-33-13-7-6-12-31(33)38-30-11-5-4-10-26(30)16-20-34(38)43/h1-24,41-42H. The number of rotatable bonds is 3. The molecule has 1 unspecified atom stereocenters. The molecule has 1 aliphatic heterocycles. The van der Waals surface area contributed by atoms with Gasteiger partial charge in [-0.25, -0.2) is 0 Å². The first-order valence-electron chi connectivity index (χ1n) is 15.3. The van der Waals surface area contributed by atoms with Crippen molar-refractivity contribution in [3.05, 3.63) is 151 Å². The highest BCUT2D eigenvalue weighted by atomic mass is 16.5. The van der Waals surface area contributed by atoms with Crippen molar-refractivity contribution in [2.75, 3.05) is 5.32 Å². The maximum Gasteiger partial charge on any atom is 0.196 e. The zero-order valence-corrected chi connectivity index (χ0v) is 24.2. The molecule has 10 rings (SSSR count). The number of aromatic nitrogens is 1. The Bertz CT molecular complexity index is 2590. The first kappa shape index (κ1) is 24.4. The lowest BCUT2D eigenvalue weighted by Crippen LogP contribution is -2.10. The lowest BCUT2D eigenvalue weighted by Gasteiger charge is -2.14. The Kier molecular flexibility index (Phi) is 5.02. The van der Waals surface area contributed by atoms with Gasteiger partial charge in [0.1, 0.15) is 16.9 Å². The number of ether oxygens (including phenoxy) is 1. The normalized spacial score (nSPS) is 14.4. The third-order valence-electron chi connectivity index (χ3n) is 9.24. The maximum absolute atomic E-state index is 6.49. The molecule has 0 radical (unpaired) electrons. The van der Waals surface area contributed by atoms with Crippen LogP contribution in [0.2, 0.25) is 0 Å². The van der Waals surface area contributed by atoms with Gasteiger partial charge in [0.05, 0.1) is 22.1 Å². The Morgan fingerprint density at radius 2 is 1.31 bits per heavy atom. The summed E-state index contributed by atoms with van der Waals surface area (Å²) in [6, 6.07) is 51.4. The van der Waals surface area contributed by atoms with E-state index >= 15 is 0 Å². The Morgan fingerprint density at radius 1 is 0.533 bits per heavy atom. The van der Waals surface area contributed by atoms with Crippen LogP contribution in [0.4, 0.5) is 5.69 Å². The molecular weight excluding hydrogens is 552 g/mol. The summed E-state index contributed by atoms with van der Waals surface area (Å²) in [5.41, 5.74) is 9.61. The Balaban J connectivity index is 1.05. The van der Waals surface area contributed by atoms with Crippen molar-refractivity contribution in [2.24, 2.45) is 0 Å². The van der Waals surface area contributed by atoms with Crippen LogP contribution in [0.3, 0.4) is 0 Å². The molecule has 45 heavy (non-hydrogen) atoms. The van der Waals surface area contributed by atoms with Crippen molar-refractivity contribution in [3.63, 3.8) is 0 Å². The van der Waals surface area contributed by atoms with Crippen molar-refractivity contribution in [3.8, 4) is 22.6 Å². The fourth-order valence-electron chi connectivity index (χ4n) is 7.16. The van der Waals surface area contributed by atoms with Crippen LogP contribution in [-0.2, 0) is 0 Å². The summed E-state index contributed by atoms with van der Waals surface area (Å²) in [5, 5.41) is 10.9.